The Morgan fingerprint density at radius 1 is 1.30 bits per heavy atom. The van der Waals surface area contributed by atoms with E-state index in [1.165, 1.54) is 0 Å². The molecule has 0 aromatic heterocycles. The number of unbranched alkanes of at least 4 members (excludes halogenated alkanes) is 1. The van der Waals surface area contributed by atoms with E-state index in [2.05, 4.69) is 12.2 Å². The van der Waals surface area contributed by atoms with Crippen LogP contribution >= 0.6 is 12.4 Å². The lowest BCUT2D eigenvalue weighted by atomic mass is 10.1. The van der Waals surface area contributed by atoms with Crippen LogP contribution in [0.2, 0.25) is 0 Å². The highest BCUT2D eigenvalue weighted by Gasteiger charge is 2.14. The van der Waals surface area contributed by atoms with Crippen LogP contribution in [0.4, 0.5) is 0 Å². The van der Waals surface area contributed by atoms with E-state index in [0.29, 0.717) is 13.2 Å². The number of amides is 1. The van der Waals surface area contributed by atoms with Gasteiger partial charge in [0, 0.05) is 13.2 Å². The SMILES string of the molecule is CCCCOCCNC(=O)C(N)c1ccc(C)cc1.Cl. The van der Waals surface area contributed by atoms with E-state index in [0.717, 1.165) is 30.6 Å². The summed E-state index contributed by atoms with van der Waals surface area (Å²) in [6, 6.07) is 7.07. The molecular formula is C15H25ClN2O2. The second-order valence-electron chi connectivity index (χ2n) is 4.65. The molecule has 1 aromatic rings. The molecule has 0 saturated carbocycles. The normalized spacial score (nSPS) is 11.6. The third-order valence-corrected chi connectivity index (χ3v) is 2.91. The lowest BCUT2D eigenvalue weighted by Crippen LogP contribution is -2.36. The molecule has 114 valence electrons. The maximum Gasteiger partial charge on any atom is 0.241 e. The fourth-order valence-electron chi connectivity index (χ4n) is 1.63. The van der Waals surface area contributed by atoms with Crippen molar-refractivity contribution in [3.63, 3.8) is 0 Å². The van der Waals surface area contributed by atoms with E-state index in [9.17, 15) is 4.79 Å². The van der Waals surface area contributed by atoms with Gasteiger partial charge < -0.3 is 15.8 Å². The number of hydrogen-bond acceptors (Lipinski definition) is 3. The summed E-state index contributed by atoms with van der Waals surface area (Å²) in [5, 5.41) is 2.78. The predicted octanol–water partition coefficient (Wildman–Crippen LogP) is 2.35. The number of halogens is 1. The van der Waals surface area contributed by atoms with Crippen molar-refractivity contribution < 1.29 is 9.53 Å². The number of carbonyl (C=O) groups is 1. The second kappa shape index (κ2) is 10.7. The summed E-state index contributed by atoms with van der Waals surface area (Å²) in [7, 11) is 0. The molecule has 1 atom stereocenters. The summed E-state index contributed by atoms with van der Waals surface area (Å²) >= 11 is 0. The number of nitrogens with two attached hydrogens (primary N) is 1. The zero-order valence-corrected chi connectivity index (χ0v) is 13.0. The van der Waals surface area contributed by atoms with Gasteiger partial charge in [-0.15, -0.1) is 12.4 Å². The zero-order chi connectivity index (χ0) is 14.1. The van der Waals surface area contributed by atoms with Crippen molar-refractivity contribution in [2.75, 3.05) is 19.8 Å². The molecule has 0 spiro atoms. The monoisotopic (exact) mass is 300 g/mol. The molecule has 0 heterocycles. The molecule has 0 aliphatic carbocycles. The molecule has 0 fully saturated rings. The first-order valence-corrected chi connectivity index (χ1v) is 6.82. The minimum absolute atomic E-state index is 0. The minimum atomic E-state index is -0.615. The number of benzene rings is 1. The van der Waals surface area contributed by atoms with Crippen LogP contribution in [0.15, 0.2) is 24.3 Å². The average Bonchev–Trinajstić information content (AvgIpc) is 2.42. The smallest absolute Gasteiger partial charge is 0.241 e. The third-order valence-electron chi connectivity index (χ3n) is 2.91. The quantitative estimate of drug-likeness (QED) is 0.724. The molecule has 1 unspecified atom stereocenters. The summed E-state index contributed by atoms with van der Waals surface area (Å²) in [4.78, 5) is 11.8. The van der Waals surface area contributed by atoms with Gasteiger partial charge in [-0.05, 0) is 18.9 Å². The molecule has 1 amide bonds. The Bertz CT molecular complexity index is 382. The van der Waals surface area contributed by atoms with Crippen molar-refractivity contribution >= 4 is 18.3 Å². The molecule has 0 saturated heterocycles. The Hall–Kier alpha value is -1.10. The maximum absolute atomic E-state index is 11.8. The summed E-state index contributed by atoms with van der Waals surface area (Å²) < 4.78 is 5.37. The zero-order valence-electron chi connectivity index (χ0n) is 12.2. The van der Waals surface area contributed by atoms with Gasteiger partial charge in [-0.3, -0.25) is 4.79 Å². The second-order valence-corrected chi connectivity index (χ2v) is 4.65. The predicted molar refractivity (Wildman–Crippen MR) is 84.1 cm³/mol. The highest BCUT2D eigenvalue weighted by atomic mass is 35.5. The lowest BCUT2D eigenvalue weighted by molar-refractivity contribution is -0.122. The van der Waals surface area contributed by atoms with Crippen LogP contribution in [0.25, 0.3) is 0 Å². The number of ether oxygens (including phenoxy) is 1. The molecule has 0 aliphatic heterocycles. The maximum atomic E-state index is 11.8. The molecule has 20 heavy (non-hydrogen) atoms. The standard InChI is InChI=1S/C15H24N2O2.ClH/c1-3-4-10-19-11-9-17-15(18)14(16)13-7-5-12(2)6-8-13;/h5-8,14H,3-4,9-11,16H2,1-2H3,(H,17,18);1H. The Labute approximate surface area is 127 Å². The van der Waals surface area contributed by atoms with Gasteiger partial charge in [-0.2, -0.15) is 0 Å². The minimum Gasteiger partial charge on any atom is -0.380 e. The van der Waals surface area contributed by atoms with Crippen molar-refractivity contribution in [1.29, 1.82) is 0 Å². The third kappa shape index (κ3) is 6.89. The van der Waals surface area contributed by atoms with Crippen molar-refractivity contribution in [1.82, 2.24) is 5.32 Å². The first kappa shape index (κ1) is 18.9. The van der Waals surface area contributed by atoms with Gasteiger partial charge >= 0.3 is 0 Å². The largest absolute Gasteiger partial charge is 0.380 e. The Morgan fingerprint density at radius 3 is 2.55 bits per heavy atom. The van der Waals surface area contributed by atoms with Crippen LogP contribution in [-0.4, -0.2) is 25.7 Å². The van der Waals surface area contributed by atoms with E-state index in [1.54, 1.807) is 0 Å². The highest BCUT2D eigenvalue weighted by Crippen LogP contribution is 2.11. The van der Waals surface area contributed by atoms with E-state index in [4.69, 9.17) is 10.5 Å². The van der Waals surface area contributed by atoms with Crippen LogP contribution in [0.3, 0.4) is 0 Å². The van der Waals surface area contributed by atoms with E-state index >= 15 is 0 Å². The van der Waals surface area contributed by atoms with Gasteiger partial charge in [-0.1, -0.05) is 43.2 Å². The molecule has 0 aliphatic rings. The highest BCUT2D eigenvalue weighted by molar-refractivity contribution is 5.85. The molecule has 1 aromatic carbocycles. The Kier molecular flexibility index (Phi) is 10.1. The molecule has 3 N–H and O–H groups in total. The van der Waals surface area contributed by atoms with Gasteiger partial charge in [0.25, 0.3) is 0 Å². The molecule has 5 heteroatoms. The number of nitrogens with one attached hydrogen (secondary N) is 1. The van der Waals surface area contributed by atoms with Crippen LogP contribution in [0.1, 0.15) is 36.9 Å². The topological polar surface area (TPSA) is 64.3 Å². The lowest BCUT2D eigenvalue weighted by Gasteiger charge is -2.13. The van der Waals surface area contributed by atoms with Gasteiger partial charge in [-0.25, -0.2) is 0 Å². The van der Waals surface area contributed by atoms with Gasteiger partial charge in [0.1, 0.15) is 6.04 Å². The Morgan fingerprint density at radius 2 is 1.95 bits per heavy atom. The molecule has 0 bridgehead atoms. The van der Waals surface area contributed by atoms with Crippen molar-refractivity contribution in [3.05, 3.63) is 35.4 Å². The van der Waals surface area contributed by atoms with E-state index in [1.807, 2.05) is 31.2 Å². The van der Waals surface area contributed by atoms with E-state index in [-0.39, 0.29) is 18.3 Å². The number of aryl methyl sites for hydroxylation is 1. The molecule has 1 rings (SSSR count). The van der Waals surface area contributed by atoms with Crippen LogP contribution in [0, 0.1) is 6.92 Å². The first-order chi connectivity index (χ1) is 9.15. The first-order valence-electron chi connectivity index (χ1n) is 6.82. The summed E-state index contributed by atoms with van der Waals surface area (Å²) in [5.74, 6) is -0.164. The molecule has 4 nitrogen and oxygen atoms in total. The van der Waals surface area contributed by atoms with Crippen molar-refractivity contribution in [3.8, 4) is 0 Å². The van der Waals surface area contributed by atoms with E-state index < -0.39 is 6.04 Å². The molecular weight excluding hydrogens is 276 g/mol. The van der Waals surface area contributed by atoms with Crippen LogP contribution in [-0.2, 0) is 9.53 Å². The number of rotatable bonds is 8. The van der Waals surface area contributed by atoms with Crippen molar-refractivity contribution in [2.45, 2.75) is 32.7 Å². The average molecular weight is 301 g/mol. The van der Waals surface area contributed by atoms with Crippen molar-refractivity contribution in [2.24, 2.45) is 5.73 Å². The fraction of sp³-hybridized carbons (Fsp3) is 0.533. The Balaban J connectivity index is 0.00000361. The summed E-state index contributed by atoms with van der Waals surface area (Å²) in [6.45, 7) is 5.90. The summed E-state index contributed by atoms with van der Waals surface area (Å²) in [5.41, 5.74) is 7.88. The van der Waals surface area contributed by atoms with Crippen LogP contribution in [0.5, 0.6) is 0 Å². The summed E-state index contributed by atoms with van der Waals surface area (Å²) in [6.07, 6.45) is 2.17. The number of hydrogen-bond donors (Lipinski definition) is 2. The molecule has 0 radical (unpaired) electrons. The van der Waals surface area contributed by atoms with Gasteiger partial charge in [0.15, 0.2) is 0 Å². The van der Waals surface area contributed by atoms with Gasteiger partial charge in [0.05, 0.1) is 6.61 Å². The number of carbonyl (C=O) groups excluding carboxylic acids is 1. The fourth-order valence-corrected chi connectivity index (χ4v) is 1.63. The van der Waals surface area contributed by atoms with Gasteiger partial charge in [0.2, 0.25) is 5.91 Å². The van der Waals surface area contributed by atoms with Crippen LogP contribution < -0.4 is 11.1 Å².